The summed E-state index contributed by atoms with van der Waals surface area (Å²) in [4.78, 5) is 14.4. The van der Waals surface area contributed by atoms with Gasteiger partial charge in [0, 0.05) is 23.8 Å². The Hall–Kier alpha value is -1.62. The fourth-order valence-corrected chi connectivity index (χ4v) is 2.16. The highest BCUT2D eigenvalue weighted by Gasteiger charge is 2.32. The molecule has 1 aliphatic heterocycles. The van der Waals surface area contributed by atoms with Crippen LogP contribution in [-0.2, 0) is 10.2 Å². The zero-order chi connectivity index (χ0) is 12.3. The number of carbonyl (C=O) groups is 1. The van der Waals surface area contributed by atoms with Gasteiger partial charge in [-0.1, -0.05) is 13.0 Å². The van der Waals surface area contributed by atoms with Crippen LogP contribution in [0.15, 0.2) is 18.3 Å². The number of nitrogens with zero attached hydrogens (tertiary/aromatic N) is 1. The lowest BCUT2D eigenvalue weighted by molar-refractivity contribution is -0.271. The molecule has 0 amide bonds. The van der Waals surface area contributed by atoms with Crippen LogP contribution >= 0.6 is 0 Å². The number of hydrogen-bond donors (Lipinski definition) is 0. The van der Waals surface area contributed by atoms with Gasteiger partial charge >= 0.3 is 0 Å². The smallest absolute Gasteiger partial charge is 0.258 e. The van der Waals surface area contributed by atoms with Crippen molar-refractivity contribution in [3.05, 3.63) is 23.9 Å². The minimum Gasteiger partial charge on any atom is -0.496 e. The van der Waals surface area contributed by atoms with Gasteiger partial charge in [0.15, 0.2) is 0 Å². The van der Waals surface area contributed by atoms with E-state index >= 15 is 0 Å². The highest BCUT2D eigenvalue weighted by atomic mass is 16.7. The monoisotopic (exact) mass is 236 g/mol. The average Bonchev–Trinajstić information content (AvgIpc) is 2.30. The molecule has 0 spiro atoms. The molecule has 1 unspecified atom stereocenters. The third-order valence-electron chi connectivity index (χ3n) is 3.04. The van der Waals surface area contributed by atoms with Crippen LogP contribution in [0.3, 0.4) is 0 Å². The van der Waals surface area contributed by atoms with Crippen molar-refractivity contribution in [1.82, 2.24) is 4.98 Å². The highest BCUT2D eigenvalue weighted by molar-refractivity contribution is 5.59. The van der Waals surface area contributed by atoms with Crippen LogP contribution in [0, 0.1) is 0 Å². The maximum Gasteiger partial charge on any atom is 0.258 e. The summed E-state index contributed by atoms with van der Waals surface area (Å²) in [6, 6.07) is 3.58. The summed E-state index contributed by atoms with van der Waals surface area (Å²) in [6.45, 7) is 3.31. The molecule has 0 saturated carbocycles. The number of aromatic nitrogens is 1. The third kappa shape index (κ3) is 2.55. The van der Waals surface area contributed by atoms with Gasteiger partial charge in [-0.3, -0.25) is 0 Å². The van der Waals surface area contributed by atoms with Gasteiger partial charge < -0.3 is 19.4 Å². The number of rotatable bonds is 2. The zero-order valence-corrected chi connectivity index (χ0v) is 9.64. The molecule has 0 N–H and O–H groups in total. The van der Waals surface area contributed by atoms with Gasteiger partial charge in [0.1, 0.15) is 5.88 Å². The molecule has 17 heavy (non-hydrogen) atoms. The van der Waals surface area contributed by atoms with Gasteiger partial charge in [-0.25, -0.2) is 4.98 Å². The number of carbonyl (C=O) groups excluding carboxylic acids is 1. The minimum atomic E-state index is -1.59. The Kier molecular flexibility index (Phi) is 3.28. The van der Waals surface area contributed by atoms with Gasteiger partial charge in [0.05, 0.1) is 6.61 Å². The molecule has 5 heteroatoms. The van der Waals surface area contributed by atoms with E-state index in [0.717, 1.165) is 25.0 Å². The van der Waals surface area contributed by atoms with Crippen molar-refractivity contribution in [2.45, 2.75) is 25.2 Å². The van der Waals surface area contributed by atoms with Gasteiger partial charge in [-0.15, -0.1) is 0 Å². The van der Waals surface area contributed by atoms with Gasteiger partial charge in [0.2, 0.25) is 0 Å². The number of ether oxygens (including phenoxy) is 2. The molecule has 1 aromatic rings. The van der Waals surface area contributed by atoms with Gasteiger partial charge in [-0.2, -0.15) is 0 Å². The summed E-state index contributed by atoms with van der Waals surface area (Å²) in [5.74, 6) is 0.0977. The number of hydrogen-bond acceptors (Lipinski definition) is 5. The second kappa shape index (κ2) is 4.71. The van der Waals surface area contributed by atoms with E-state index in [4.69, 9.17) is 4.74 Å². The Balaban J connectivity index is 2.32. The van der Waals surface area contributed by atoms with Crippen molar-refractivity contribution in [2.24, 2.45) is 0 Å². The standard InChI is InChI=1S/C12H15NO4/c1-12(5-3-7-16-8-12)9-4-2-6-13-10(9)17-11(14)15/h2,4,6H,3,5,7-8H2,1H3,(H,14,15)/p-1. The second-order valence-corrected chi connectivity index (χ2v) is 4.42. The molecule has 2 heterocycles. The Morgan fingerprint density at radius 1 is 1.65 bits per heavy atom. The largest absolute Gasteiger partial charge is 0.496 e. The molecule has 1 aromatic heterocycles. The van der Waals surface area contributed by atoms with Crippen LogP contribution in [0.25, 0.3) is 0 Å². The summed E-state index contributed by atoms with van der Waals surface area (Å²) in [5, 5.41) is 10.5. The first-order valence-corrected chi connectivity index (χ1v) is 5.54. The van der Waals surface area contributed by atoms with Crippen molar-refractivity contribution in [3.63, 3.8) is 0 Å². The lowest BCUT2D eigenvalue weighted by atomic mass is 9.78. The summed E-state index contributed by atoms with van der Waals surface area (Å²) < 4.78 is 10.1. The Morgan fingerprint density at radius 2 is 2.47 bits per heavy atom. The molecule has 0 aliphatic carbocycles. The van der Waals surface area contributed by atoms with Crippen LogP contribution in [0.5, 0.6) is 5.88 Å². The molecular weight excluding hydrogens is 222 g/mol. The summed E-state index contributed by atoms with van der Waals surface area (Å²) in [6.07, 6.45) is 1.76. The minimum absolute atomic E-state index is 0.0977. The predicted molar refractivity (Wildman–Crippen MR) is 57.7 cm³/mol. The van der Waals surface area contributed by atoms with Crippen LogP contribution < -0.4 is 9.84 Å². The molecule has 5 nitrogen and oxygen atoms in total. The van der Waals surface area contributed by atoms with E-state index in [-0.39, 0.29) is 11.3 Å². The van der Waals surface area contributed by atoms with E-state index < -0.39 is 6.16 Å². The SMILES string of the molecule is CC1(c2cccnc2OC(=O)[O-])CCCOC1. The van der Waals surface area contributed by atoms with E-state index in [0.29, 0.717) is 6.61 Å². The fraction of sp³-hybridized carbons (Fsp3) is 0.500. The predicted octanol–water partition coefficient (Wildman–Crippen LogP) is 0.872. The van der Waals surface area contributed by atoms with E-state index in [1.807, 2.05) is 13.0 Å². The van der Waals surface area contributed by atoms with Crippen LogP contribution in [0.4, 0.5) is 4.79 Å². The van der Waals surface area contributed by atoms with Gasteiger partial charge in [-0.05, 0) is 18.9 Å². The van der Waals surface area contributed by atoms with Crippen molar-refractivity contribution in [2.75, 3.05) is 13.2 Å². The maximum atomic E-state index is 10.5. The van der Waals surface area contributed by atoms with Crippen LogP contribution in [-0.4, -0.2) is 24.4 Å². The maximum absolute atomic E-state index is 10.5. The van der Waals surface area contributed by atoms with E-state index in [1.165, 1.54) is 6.20 Å². The Labute approximate surface area is 99.4 Å². The zero-order valence-electron chi connectivity index (χ0n) is 9.64. The summed E-state index contributed by atoms with van der Waals surface area (Å²) in [7, 11) is 0. The fourth-order valence-electron chi connectivity index (χ4n) is 2.16. The summed E-state index contributed by atoms with van der Waals surface area (Å²) >= 11 is 0. The molecule has 1 saturated heterocycles. The van der Waals surface area contributed by atoms with Crippen molar-refractivity contribution in [1.29, 1.82) is 0 Å². The normalized spacial score (nSPS) is 24.3. The molecule has 92 valence electrons. The highest BCUT2D eigenvalue weighted by Crippen LogP contribution is 2.36. The van der Waals surface area contributed by atoms with E-state index in [9.17, 15) is 9.90 Å². The first-order valence-electron chi connectivity index (χ1n) is 5.54. The molecular formula is C12H14NO4-. The topological polar surface area (TPSA) is 71.5 Å². The van der Waals surface area contributed by atoms with Crippen molar-refractivity contribution >= 4 is 6.16 Å². The van der Waals surface area contributed by atoms with Crippen molar-refractivity contribution < 1.29 is 19.4 Å². The van der Waals surface area contributed by atoms with Crippen molar-refractivity contribution in [3.8, 4) is 5.88 Å². The number of pyridine rings is 1. The van der Waals surface area contributed by atoms with E-state index in [2.05, 4.69) is 9.72 Å². The third-order valence-corrected chi connectivity index (χ3v) is 3.04. The first-order chi connectivity index (χ1) is 8.12. The molecule has 0 aromatic carbocycles. The van der Waals surface area contributed by atoms with E-state index in [1.54, 1.807) is 6.07 Å². The molecule has 0 bridgehead atoms. The number of carboxylic acid groups (broad SMARTS) is 1. The average molecular weight is 236 g/mol. The summed E-state index contributed by atoms with van der Waals surface area (Å²) in [5.41, 5.74) is 0.501. The lowest BCUT2D eigenvalue weighted by Gasteiger charge is -2.35. The Morgan fingerprint density at radius 3 is 3.12 bits per heavy atom. The van der Waals surface area contributed by atoms with Crippen LogP contribution in [0.2, 0.25) is 0 Å². The lowest BCUT2D eigenvalue weighted by Crippen LogP contribution is -2.35. The molecule has 1 aliphatic rings. The molecule has 0 radical (unpaired) electrons. The van der Waals surface area contributed by atoms with Crippen LogP contribution in [0.1, 0.15) is 25.3 Å². The van der Waals surface area contributed by atoms with Gasteiger partial charge in [0.25, 0.3) is 6.16 Å². The Bertz CT molecular complexity index is 413. The molecule has 2 rings (SSSR count). The quantitative estimate of drug-likeness (QED) is 0.712. The molecule has 1 fully saturated rings. The molecule has 1 atom stereocenters. The second-order valence-electron chi connectivity index (χ2n) is 4.42. The first kappa shape index (κ1) is 11.9.